The summed E-state index contributed by atoms with van der Waals surface area (Å²) in [5.74, 6) is -0.496. The second kappa shape index (κ2) is 7.45. The van der Waals surface area contributed by atoms with Gasteiger partial charge in [0.25, 0.3) is 0 Å². The highest BCUT2D eigenvalue weighted by atomic mass is 19.1. The summed E-state index contributed by atoms with van der Waals surface area (Å²) in [6, 6.07) is 4.35. The second-order valence-corrected chi connectivity index (χ2v) is 3.94. The van der Waals surface area contributed by atoms with Crippen molar-refractivity contribution in [2.24, 2.45) is 10.9 Å². The van der Waals surface area contributed by atoms with Gasteiger partial charge in [-0.2, -0.15) is 0 Å². The van der Waals surface area contributed by atoms with Crippen LogP contribution in [0.2, 0.25) is 0 Å². The van der Waals surface area contributed by atoms with E-state index in [4.69, 9.17) is 10.9 Å². The number of nitrogens with zero attached hydrogens (tertiary/aromatic N) is 1. The van der Waals surface area contributed by atoms with Crippen LogP contribution in [0, 0.1) is 5.82 Å². The predicted molar refractivity (Wildman–Crippen MR) is 70.0 cm³/mol. The fraction of sp³-hybridized carbons (Fsp3) is 0.308. The molecular formula is C13H18FN3O. The zero-order valence-corrected chi connectivity index (χ0v) is 10.2. The van der Waals surface area contributed by atoms with E-state index in [1.165, 1.54) is 12.1 Å². The van der Waals surface area contributed by atoms with Gasteiger partial charge < -0.3 is 16.3 Å². The monoisotopic (exact) mass is 251 g/mol. The molecule has 0 saturated heterocycles. The van der Waals surface area contributed by atoms with E-state index in [0.29, 0.717) is 12.1 Å². The van der Waals surface area contributed by atoms with Gasteiger partial charge in [0.2, 0.25) is 0 Å². The lowest BCUT2D eigenvalue weighted by molar-refractivity contribution is 0.318. The molecule has 0 aliphatic carbocycles. The molecule has 0 radical (unpaired) electrons. The molecule has 0 heterocycles. The molecule has 0 aliphatic rings. The van der Waals surface area contributed by atoms with Gasteiger partial charge in [-0.25, -0.2) is 4.39 Å². The van der Waals surface area contributed by atoms with Crippen molar-refractivity contribution in [3.8, 4) is 0 Å². The Morgan fingerprint density at radius 2 is 2.28 bits per heavy atom. The van der Waals surface area contributed by atoms with Crippen molar-refractivity contribution in [2.75, 3.05) is 6.54 Å². The number of nitrogens with two attached hydrogens (primary N) is 1. The fourth-order valence-electron chi connectivity index (χ4n) is 1.56. The van der Waals surface area contributed by atoms with Crippen molar-refractivity contribution in [2.45, 2.75) is 19.4 Å². The molecule has 5 heteroatoms. The molecule has 98 valence electrons. The minimum Gasteiger partial charge on any atom is -0.409 e. The van der Waals surface area contributed by atoms with Crippen molar-refractivity contribution < 1.29 is 9.60 Å². The first kappa shape index (κ1) is 14.2. The molecule has 4 nitrogen and oxygen atoms in total. The van der Waals surface area contributed by atoms with Crippen molar-refractivity contribution in [1.29, 1.82) is 0 Å². The van der Waals surface area contributed by atoms with Gasteiger partial charge in [0, 0.05) is 12.1 Å². The first-order chi connectivity index (χ1) is 8.67. The Labute approximate surface area is 106 Å². The smallest absolute Gasteiger partial charge is 0.170 e. The molecule has 0 bridgehead atoms. The van der Waals surface area contributed by atoms with Crippen LogP contribution in [0.4, 0.5) is 4.39 Å². The van der Waals surface area contributed by atoms with Crippen LogP contribution in [0.1, 0.15) is 24.0 Å². The van der Waals surface area contributed by atoms with E-state index in [1.807, 2.05) is 6.08 Å². The van der Waals surface area contributed by atoms with E-state index in [2.05, 4.69) is 17.1 Å². The molecule has 4 N–H and O–H groups in total. The molecule has 0 aliphatic heterocycles. The quantitative estimate of drug-likeness (QED) is 0.173. The van der Waals surface area contributed by atoms with Gasteiger partial charge in [-0.3, -0.25) is 0 Å². The van der Waals surface area contributed by atoms with Crippen molar-refractivity contribution in [1.82, 2.24) is 5.32 Å². The Balaban J connectivity index is 2.60. The van der Waals surface area contributed by atoms with Gasteiger partial charge in [0.05, 0.1) is 0 Å². The van der Waals surface area contributed by atoms with Crippen LogP contribution in [-0.2, 0) is 6.54 Å². The van der Waals surface area contributed by atoms with Crippen LogP contribution >= 0.6 is 0 Å². The number of amidine groups is 1. The molecule has 0 amide bonds. The molecule has 0 unspecified atom stereocenters. The van der Waals surface area contributed by atoms with E-state index >= 15 is 0 Å². The Bertz CT molecular complexity index is 432. The molecule has 0 aromatic heterocycles. The maximum absolute atomic E-state index is 13.3. The largest absolute Gasteiger partial charge is 0.409 e. The van der Waals surface area contributed by atoms with Crippen LogP contribution in [0.15, 0.2) is 36.0 Å². The van der Waals surface area contributed by atoms with Crippen LogP contribution < -0.4 is 11.1 Å². The highest BCUT2D eigenvalue weighted by Gasteiger charge is 2.04. The first-order valence-corrected chi connectivity index (χ1v) is 5.76. The van der Waals surface area contributed by atoms with E-state index < -0.39 is 5.82 Å². The molecular weight excluding hydrogens is 233 g/mol. The summed E-state index contributed by atoms with van der Waals surface area (Å²) in [5.41, 5.74) is 6.56. The Morgan fingerprint density at radius 3 is 2.94 bits per heavy atom. The molecule has 1 aromatic carbocycles. The number of benzene rings is 1. The lowest BCUT2D eigenvalue weighted by Crippen LogP contribution is -2.17. The maximum Gasteiger partial charge on any atom is 0.170 e. The molecule has 0 spiro atoms. The SMILES string of the molecule is C=CCCCNCc1cc(F)cc(/C(N)=N\O)c1. The lowest BCUT2D eigenvalue weighted by Gasteiger charge is -2.06. The Hall–Kier alpha value is -1.88. The van der Waals surface area contributed by atoms with Crippen LogP contribution in [0.5, 0.6) is 0 Å². The standard InChI is InChI=1S/C13H18FN3O/c1-2-3-4-5-16-9-10-6-11(13(15)17-18)8-12(14)7-10/h2,6-8,16,18H,1,3-5,9H2,(H2,15,17). The third-order valence-electron chi connectivity index (χ3n) is 2.45. The van der Waals surface area contributed by atoms with Crippen molar-refractivity contribution in [3.05, 3.63) is 47.8 Å². The topological polar surface area (TPSA) is 70.6 Å². The highest BCUT2D eigenvalue weighted by molar-refractivity contribution is 5.97. The van der Waals surface area contributed by atoms with Gasteiger partial charge in [0.15, 0.2) is 5.84 Å². The van der Waals surface area contributed by atoms with Gasteiger partial charge in [0.1, 0.15) is 5.82 Å². The number of halogens is 1. The summed E-state index contributed by atoms with van der Waals surface area (Å²) in [7, 11) is 0. The van der Waals surface area contributed by atoms with E-state index in [9.17, 15) is 4.39 Å². The van der Waals surface area contributed by atoms with Crippen LogP contribution in [-0.4, -0.2) is 17.6 Å². The highest BCUT2D eigenvalue weighted by Crippen LogP contribution is 2.09. The number of hydrogen-bond acceptors (Lipinski definition) is 3. The minimum atomic E-state index is -0.401. The summed E-state index contributed by atoms with van der Waals surface area (Å²) >= 11 is 0. The molecule has 1 aromatic rings. The van der Waals surface area contributed by atoms with Gasteiger partial charge in [-0.05, 0) is 43.1 Å². The summed E-state index contributed by atoms with van der Waals surface area (Å²) < 4.78 is 13.3. The minimum absolute atomic E-state index is 0.0950. The van der Waals surface area contributed by atoms with Gasteiger partial charge in [-0.15, -0.1) is 6.58 Å². The zero-order chi connectivity index (χ0) is 13.4. The van der Waals surface area contributed by atoms with Crippen molar-refractivity contribution in [3.63, 3.8) is 0 Å². The molecule has 1 rings (SSSR count). The van der Waals surface area contributed by atoms with E-state index in [-0.39, 0.29) is 5.84 Å². The molecule has 0 fully saturated rings. The summed E-state index contributed by atoms with van der Waals surface area (Å²) in [6.07, 6.45) is 3.80. The number of allylic oxidation sites excluding steroid dienone is 1. The predicted octanol–water partition coefficient (Wildman–Crippen LogP) is 1.98. The average molecular weight is 251 g/mol. The van der Waals surface area contributed by atoms with Crippen molar-refractivity contribution >= 4 is 5.84 Å². The Morgan fingerprint density at radius 1 is 1.50 bits per heavy atom. The summed E-state index contributed by atoms with van der Waals surface area (Å²) in [4.78, 5) is 0. The molecule has 0 atom stereocenters. The molecule has 0 saturated carbocycles. The van der Waals surface area contributed by atoms with Crippen LogP contribution in [0.25, 0.3) is 0 Å². The second-order valence-electron chi connectivity index (χ2n) is 3.94. The first-order valence-electron chi connectivity index (χ1n) is 5.76. The van der Waals surface area contributed by atoms with Gasteiger partial charge >= 0.3 is 0 Å². The van der Waals surface area contributed by atoms with Gasteiger partial charge in [-0.1, -0.05) is 11.2 Å². The third kappa shape index (κ3) is 4.55. The third-order valence-corrected chi connectivity index (χ3v) is 2.45. The number of unbranched alkanes of at least 4 members (excludes halogenated alkanes) is 1. The average Bonchev–Trinajstić information content (AvgIpc) is 2.37. The van der Waals surface area contributed by atoms with Crippen LogP contribution in [0.3, 0.4) is 0 Å². The number of hydrogen-bond donors (Lipinski definition) is 3. The zero-order valence-electron chi connectivity index (χ0n) is 10.2. The Kier molecular flexibility index (Phi) is 5.87. The number of oxime groups is 1. The lowest BCUT2D eigenvalue weighted by atomic mass is 10.1. The fourth-order valence-corrected chi connectivity index (χ4v) is 1.56. The summed E-state index contributed by atoms with van der Waals surface area (Å²) in [5, 5.41) is 14.6. The van der Waals surface area contributed by atoms with E-state index in [1.54, 1.807) is 6.07 Å². The van der Waals surface area contributed by atoms with E-state index in [0.717, 1.165) is 24.9 Å². The number of rotatable bonds is 7. The normalized spacial score (nSPS) is 11.5. The number of nitrogens with one attached hydrogen (secondary N) is 1. The maximum atomic E-state index is 13.3. The molecule has 18 heavy (non-hydrogen) atoms. The summed E-state index contributed by atoms with van der Waals surface area (Å²) in [6.45, 7) is 5.02.